The summed E-state index contributed by atoms with van der Waals surface area (Å²) in [5.41, 5.74) is 6.10. The molecule has 1 aromatic carbocycles. The fraction of sp³-hybridized carbons (Fsp3) is 0.286. The SMILES string of the molecule is Nc1c(C(=O)N2CCCNC(=O)C2)sc2cccc(F)c12. The van der Waals surface area contributed by atoms with E-state index in [4.69, 9.17) is 5.73 Å². The van der Waals surface area contributed by atoms with Gasteiger partial charge in [-0.25, -0.2) is 4.39 Å². The third-order valence-corrected chi connectivity index (χ3v) is 4.60. The Bertz CT molecular complexity index is 728. The number of nitrogens with zero attached hydrogens (tertiary/aromatic N) is 1. The van der Waals surface area contributed by atoms with E-state index < -0.39 is 5.82 Å². The summed E-state index contributed by atoms with van der Waals surface area (Å²) in [4.78, 5) is 25.9. The number of halogens is 1. The molecule has 7 heteroatoms. The number of fused-ring (bicyclic) bond motifs is 1. The van der Waals surface area contributed by atoms with Crippen molar-refractivity contribution in [3.63, 3.8) is 0 Å². The Kier molecular flexibility index (Phi) is 3.50. The van der Waals surface area contributed by atoms with Gasteiger partial charge in [0.25, 0.3) is 5.91 Å². The Labute approximate surface area is 124 Å². The Morgan fingerprint density at radius 1 is 1.43 bits per heavy atom. The maximum Gasteiger partial charge on any atom is 0.266 e. The highest BCUT2D eigenvalue weighted by Crippen LogP contribution is 2.36. The van der Waals surface area contributed by atoms with Crippen LogP contribution in [0.2, 0.25) is 0 Å². The van der Waals surface area contributed by atoms with Gasteiger partial charge in [-0.05, 0) is 18.6 Å². The van der Waals surface area contributed by atoms with Crippen molar-refractivity contribution < 1.29 is 14.0 Å². The van der Waals surface area contributed by atoms with Gasteiger partial charge in [0.2, 0.25) is 5.91 Å². The molecule has 2 heterocycles. The van der Waals surface area contributed by atoms with Crippen molar-refractivity contribution in [1.29, 1.82) is 0 Å². The number of hydrogen-bond acceptors (Lipinski definition) is 4. The monoisotopic (exact) mass is 307 g/mol. The first-order valence-corrected chi connectivity index (χ1v) is 7.42. The number of nitrogen functional groups attached to an aromatic ring is 1. The molecule has 1 aliphatic rings. The normalized spacial score (nSPS) is 15.9. The molecule has 0 spiro atoms. The van der Waals surface area contributed by atoms with Gasteiger partial charge in [0, 0.05) is 17.8 Å². The highest BCUT2D eigenvalue weighted by atomic mass is 32.1. The van der Waals surface area contributed by atoms with Gasteiger partial charge in [0.15, 0.2) is 0 Å². The smallest absolute Gasteiger partial charge is 0.266 e. The van der Waals surface area contributed by atoms with Crippen LogP contribution in [-0.4, -0.2) is 36.3 Å². The molecule has 0 radical (unpaired) electrons. The van der Waals surface area contributed by atoms with E-state index in [9.17, 15) is 14.0 Å². The largest absolute Gasteiger partial charge is 0.397 e. The van der Waals surface area contributed by atoms with E-state index in [1.54, 1.807) is 12.1 Å². The van der Waals surface area contributed by atoms with Crippen LogP contribution in [0.4, 0.5) is 10.1 Å². The highest BCUT2D eigenvalue weighted by Gasteiger charge is 2.25. The van der Waals surface area contributed by atoms with Crippen molar-refractivity contribution in [2.75, 3.05) is 25.4 Å². The van der Waals surface area contributed by atoms with Crippen molar-refractivity contribution in [3.8, 4) is 0 Å². The number of hydrogen-bond donors (Lipinski definition) is 2. The van der Waals surface area contributed by atoms with Crippen molar-refractivity contribution in [2.24, 2.45) is 0 Å². The first-order valence-electron chi connectivity index (χ1n) is 6.60. The molecular formula is C14H14FN3O2S. The van der Waals surface area contributed by atoms with Crippen molar-refractivity contribution in [1.82, 2.24) is 10.2 Å². The van der Waals surface area contributed by atoms with Crippen LogP contribution in [0.1, 0.15) is 16.1 Å². The molecule has 3 rings (SSSR count). The number of anilines is 1. The maximum absolute atomic E-state index is 13.8. The molecule has 0 unspecified atom stereocenters. The van der Waals surface area contributed by atoms with Gasteiger partial charge in [-0.15, -0.1) is 11.3 Å². The number of amides is 2. The molecular weight excluding hydrogens is 293 g/mol. The second-order valence-electron chi connectivity index (χ2n) is 4.89. The lowest BCUT2D eigenvalue weighted by Gasteiger charge is -2.18. The lowest BCUT2D eigenvalue weighted by Crippen LogP contribution is -2.37. The second kappa shape index (κ2) is 5.33. The molecule has 3 N–H and O–H groups in total. The average molecular weight is 307 g/mol. The molecule has 0 saturated carbocycles. The van der Waals surface area contributed by atoms with Gasteiger partial charge in [-0.2, -0.15) is 0 Å². The Balaban J connectivity index is 1.99. The predicted molar refractivity (Wildman–Crippen MR) is 79.7 cm³/mol. The molecule has 1 aliphatic heterocycles. The number of thiophene rings is 1. The van der Waals surface area contributed by atoms with Crippen LogP contribution in [0.25, 0.3) is 10.1 Å². The van der Waals surface area contributed by atoms with Crippen LogP contribution in [0.3, 0.4) is 0 Å². The zero-order valence-corrected chi connectivity index (χ0v) is 12.0. The van der Waals surface area contributed by atoms with E-state index >= 15 is 0 Å². The zero-order chi connectivity index (χ0) is 15.0. The van der Waals surface area contributed by atoms with Crippen LogP contribution in [-0.2, 0) is 4.79 Å². The van der Waals surface area contributed by atoms with E-state index in [1.165, 1.54) is 11.0 Å². The van der Waals surface area contributed by atoms with Crippen LogP contribution >= 0.6 is 11.3 Å². The molecule has 2 amide bonds. The minimum Gasteiger partial charge on any atom is -0.397 e. The number of rotatable bonds is 1. The molecule has 5 nitrogen and oxygen atoms in total. The average Bonchev–Trinajstić information content (AvgIpc) is 2.65. The molecule has 2 aromatic rings. The van der Waals surface area contributed by atoms with Gasteiger partial charge in [-0.1, -0.05) is 6.07 Å². The zero-order valence-electron chi connectivity index (χ0n) is 11.2. The predicted octanol–water partition coefficient (Wildman–Crippen LogP) is 1.58. The Morgan fingerprint density at radius 3 is 3.00 bits per heavy atom. The lowest BCUT2D eigenvalue weighted by atomic mass is 10.2. The molecule has 0 atom stereocenters. The van der Waals surface area contributed by atoms with Gasteiger partial charge < -0.3 is 16.0 Å². The Morgan fingerprint density at radius 2 is 2.24 bits per heavy atom. The fourth-order valence-electron chi connectivity index (χ4n) is 2.41. The van der Waals surface area contributed by atoms with Crippen LogP contribution in [0, 0.1) is 5.82 Å². The third-order valence-electron chi connectivity index (χ3n) is 3.44. The van der Waals surface area contributed by atoms with Crippen molar-refractivity contribution in [2.45, 2.75) is 6.42 Å². The molecule has 1 aromatic heterocycles. The van der Waals surface area contributed by atoms with Crippen LogP contribution < -0.4 is 11.1 Å². The number of nitrogens with one attached hydrogen (secondary N) is 1. The second-order valence-corrected chi connectivity index (χ2v) is 5.94. The van der Waals surface area contributed by atoms with E-state index in [-0.39, 0.29) is 29.4 Å². The van der Waals surface area contributed by atoms with E-state index in [0.717, 1.165) is 11.3 Å². The van der Waals surface area contributed by atoms with Gasteiger partial charge in [0.1, 0.15) is 10.7 Å². The summed E-state index contributed by atoms with van der Waals surface area (Å²) in [6.07, 6.45) is 0.691. The summed E-state index contributed by atoms with van der Waals surface area (Å²) in [6.45, 7) is 1.04. The summed E-state index contributed by atoms with van der Waals surface area (Å²) in [5.74, 6) is -0.939. The van der Waals surface area contributed by atoms with Crippen molar-refractivity contribution in [3.05, 3.63) is 28.9 Å². The fourth-order valence-corrected chi connectivity index (χ4v) is 3.52. The molecule has 0 bridgehead atoms. The summed E-state index contributed by atoms with van der Waals surface area (Å²) >= 11 is 1.16. The van der Waals surface area contributed by atoms with Crippen LogP contribution in [0.5, 0.6) is 0 Å². The molecule has 0 aliphatic carbocycles. The van der Waals surface area contributed by atoms with Crippen LogP contribution in [0.15, 0.2) is 18.2 Å². The molecule has 21 heavy (non-hydrogen) atoms. The first kappa shape index (κ1) is 13.8. The quantitative estimate of drug-likeness (QED) is 0.840. The Hall–Kier alpha value is -2.15. The highest BCUT2D eigenvalue weighted by molar-refractivity contribution is 7.21. The topological polar surface area (TPSA) is 75.4 Å². The standard InChI is InChI=1S/C14H14FN3O2S/c15-8-3-1-4-9-11(8)12(16)13(21-9)14(20)18-6-2-5-17-10(19)7-18/h1,3-4H,2,5-7,16H2,(H,17,19). The number of carbonyl (C=O) groups excluding carboxylic acids is 2. The lowest BCUT2D eigenvalue weighted by molar-refractivity contribution is -0.121. The summed E-state index contributed by atoms with van der Waals surface area (Å²) in [5, 5.41) is 2.99. The number of nitrogens with two attached hydrogens (primary N) is 1. The van der Waals surface area contributed by atoms with Gasteiger partial charge >= 0.3 is 0 Å². The summed E-state index contributed by atoms with van der Waals surface area (Å²) in [7, 11) is 0. The third kappa shape index (κ3) is 2.44. The van der Waals surface area contributed by atoms with Crippen molar-refractivity contribution >= 4 is 38.9 Å². The minimum absolute atomic E-state index is 0.00893. The summed E-state index contributed by atoms with van der Waals surface area (Å²) < 4.78 is 14.5. The van der Waals surface area contributed by atoms with E-state index in [2.05, 4.69) is 5.32 Å². The number of benzene rings is 1. The van der Waals surface area contributed by atoms with E-state index in [1.807, 2.05) is 0 Å². The molecule has 1 fully saturated rings. The van der Waals surface area contributed by atoms with Gasteiger partial charge in [0.05, 0.1) is 17.6 Å². The first-order chi connectivity index (χ1) is 10.1. The molecule has 1 saturated heterocycles. The minimum atomic E-state index is -0.436. The van der Waals surface area contributed by atoms with E-state index in [0.29, 0.717) is 29.1 Å². The number of carbonyl (C=O) groups is 2. The summed E-state index contributed by atoms with van der Waals surface area (Å²) in [6, 6.07) is 4.63. The maximum atomic E-state index is 13.8. The van der Waals surface area contributed by atoms with Gasteiger partial charge in [-0.3, -0.25) is 9.59 Å². The molecule has 110 valence electrons.